The van der Waals surface area contributed by atoms with Gasteiger partial charge in [0.1, 0.15) is 0 Å². The van der Waals surface area contributed by atoms with E-state index in [-0.39, 0.29) is 0 Å². The maximum absolute atomic E-state index is 4.22. The molecule has 0 unspecified atom stereocenters. The van der Waals surface area contributed by atoms with E-state index in [9.17, 15) is 0 Å². The summed E-state index contributed by atoms with van der Waals surface area (Å²) in [5, 5.41) is 0. The largest absolute Gasteiger partial charge is 0.281 e. The predicted molar refractivity (Wildman–Crippen MR) is 46.5 cm³/mol. The standard InChI is InChI=1S/C8H6BrN/c9-7-1-2-8-6(5-7)3-4-10-8/h1-5,8H/t8-/m1/s1. The van der Waals surface area contributed by atoms with Gasteiger partial charge in [-0.2, -0.15) is 0 Å². The molecule has 0 fully saturated rings. The van der Waals surface area contributed by atoms with Crippen molar-refractivity contribution in [1.29, 1.82) is 0 Å². The third-order valence-electron chi connectivity index (χ3n) is 1.60. The molecule has 1 atom stereocenters. The maximum atomic E-state index is 4.22. The number of hydrogen-bond donors (Lipinski definition) is 0. The van der Waals surface area contributed by atoms with Crippen LogP contribution in [0.2, 0.25) is 0 Å². The molecule has 0 aromatic heterocycles. The minimum Gasteiger partial charge on any atom is -0.281 e. The lowest BCUT2D eigenvalue weighted by Crippen LogP contribution is -2.01. The molecule has 0 aromatic rings. The zero-order chi connectivity index (χ0) is 6.97. The molecule has 1 aliphatic heterocycles. The Morgan fingerprint density at radius 2 is 2.40 bits per heavy atom. The van der Waals surface area contributed by atoms with E-state index in [4.69, 9.17) is 0 Å². The van der Waals surface area contributed by atoms with Gasteiger partial charge in [-0.25, -0.2) is 0 Å². The average Bonchev–Trinajstić information content (AvgIpc) is 2.33. The fourth-order valence-electron chi connectivity index (χ4n) is 1.09. The number of allylic oxidation sites excluding steroid dienone is 3. The molecule has 0 spiro atoms. The predicted octanol–water partition coefficient (Wildman–Crippen LogP) is 2.21. The summed E-state index contributed by atoms with van der Waals surface area (Å²) in [7, 11) is 0. The van der Waals surface area contributed by atoms with Crippen molar-refractivity contribution >= 4 is 22.1 Å². The summed E-state index contributed by atoms with van der Waals surface area (Å²) >= 11 is 3.40. The molecule has 0 N–H and O–H groups in total. The summed E-state index contributed by atoms with van der Waals surface area (Å²) in [5.41, 5.74) is 1.27. The van der Waals surface area contributed by atoms with Crippen LogP contribution in [0.1, 0.15) is 0 Å². The van der Waals surface area contributed by atoms with E-state index in [1.807, 2.05) is 18.4 Å². The van der Waals surface area contributed by atoms with Gasteiger partial charge in [0.2, 0.25) is 0 Å². The second-order valence-corrected chi connectivity index (χ2v) is 3.21. The molecular weight excluding hydrogens is 190 g/mol. The fourth-order valence-corrected chi connectivity index (χ4v) is 1.51. The second kappa shape index (κ2) is 2.20. The third-order valence-corrected chi connectivity index (χ3v) is 2.09. The van der Waals surface area contributed by atoms with E-state index in [1.54, 1.807) is 0 Å². The first kappa shape index (κ1) is 6.10. The summed E-state index contributed by atoms with van der Waals surface area (Å²) in [4.78, 5) is 4.22. The van der Waals surface area contributed by atoms with E-state index in [1.165, 1.54) is 5.57 Å². The van der Waals surface area contributed by atoms with Crippen molar-refractivity contribution in [3.8, 4) is 0 Å². The van der Waals surface area contributed by atoms with Crippen molar-refractivity contribution in [2.45, 2.75) is 6.04 Å². The first-order chi connectivity index (χ1) is 4.86. The highest BCUT2D eigenvalue weighted by molar-refractivity contribution is 9.11. The molecular formula is C8H6BrN. The van der Waals surface area contributed by atoms with Gasteiger partial charge in [-0.05, 0) is 23.8 Å². The number of aliphatic imine (C=N–C) groups is 1. The van der Waals surface area contributed by atoms with E-state index < -0.39 is 0 Å². The molecule has 1 heterocycles. The van der Waals surface area contributed by atoms with Crippen molar-refractivity contribution in [2.24, 2.45) is 4.99 Å². The number of hydrogen-bond acceptors (Lipinski definition) is 1. The molecule has 2 heteroatoms. The van der Waals surface area contributed by atoms with Gasteiger partial charge >= 0.3 is 0 Å². The lowest BCUT2D eigenvalue weighted by Gasteiger charge is -2.08. The number of rotatable bonds is 0. The Labute approximate surface area is 68.0 Å². The number of halogens is 1. The molecule has 0 aromatic carbocycles. The summed E-state index contributed by atoms with van der Waals surface area (Å²) in [5.74, 6) is 0. The molecule has 0 bridgehead atoms. The maximum Gasteiger partial charge on any atom is 0.0934 e. The molecule has 1 aliphatic carbocycles. The van der Waals surface area contributed by atoms with Crippen LogP contribution in [0.15, 0.2) is 39.4 Å². The summed E-state index contributed by atoms with van der Waals surface area (Å²) in [6, 6.07) is 0.293. The van der Waals surface area contributed by atoms with Crippen LogP contribution in [0.25, 0.3) is 0 Å². The zero-order valence-corrected chi connectivity index (χ0v) is 6.88. The quantitative estimate of drug-likeness (QED) is 0.563. The highest BCUT2D eigenvalue weighted by atomic mass is 79.9. The van der Waals surface area contributed by atoms with Crippen LogP contribution in [-0.2, 0) is 0 Å². The van der Waals surface area contributed by atoms with E-state index in [2.05, 4.69) is 33.1 Å². The van der Waals surface area contributed by atoms with Crippen LogP contribution in [0.5, 0.6) is 0 Å². The van der Waals surface area contributed by atoms with Crippen molar-refractivity contribution in [3.63, 3.8) is 0 Å². The number of nitrogens with zero attached hydrogens (tertiary/aromatic N) is 1. The van der Waals surface area contributed by atoms with Crippen molar-refractivity contribution in [1.82, 2.24) is 0 Å². The third kappa shape index (κ3) is 0.886. The molecule has 0 radical (unpaired) electrons. The lowest BCUT2D eigenvalue weighted by atomic mass is 10.1. The summed E-state index contributed by atoms with van der Waals surface area (Å²) in [6.45, 7) is 0. The highest BCUT2D eigenvalue weighted by Gasteiger charge is 2.13. The van der Waals surface area contributed by atoms with Gasteiger partial charge in [0.25, 0.3) is 0 Å². The molecule has 50 valence electrons. The molecule has 0 saturated heterocycles. The van der Waals surface area contributed by atoms with Crippen LogP contribution in [0, 0.1) is 0 Å². The summed E-state index contributed by atoms with van der Waals surface area (Å²) in [6.07, 6.45) is 10.1. The van der Waals surface area contributed by atoms with E-state index >= 15 is 0 Å². The summed E-state index contributed by atoms with van der Waals surface area (Å²) < 4.78 is 1.13. The molecule has 1 nitrogen and oxygen atoms in total. The van der Waals surface area contributed by atoms with Crippen LogP contribution in [0.4, 0.5) is 0 Å². The minimum absolute atomic E-state index is 0.293. The molecule has 2 rings (SSSR count). The Bertz CT molecular complexity index is 271. The van der Waals surface area contributed by atoms with Crippen molar-refractivity contribution in [3.05, 3.63) is 34.4 Å². The first-order valence-electron chi connectivity index (χ1n) is 3.15. The molecule has 0 amide bonds. The van der Waals surface area contributed by atoms with Gasteiger partial charge in [-0.3, -0.25) is 4.99 Å². The van der Waals surface area contributed by atoms with E-state index in [0.29, 0.717) is 6.04 Å². The highest BCUT2D eigenvalue weighted by Crippen LogP contribution is 2.24. The normalized spacial score (nSPS) is 27.9. The van der Waals surface area contributed by atoms with Crippen molar-refractivity contribution < 1.29 is 0 Å². The molecule has 10 heavy (non-hydrogen) atoms. The SMILES string of the molecule is BrC1=CC2=CC=N[C@@H]2C=C1. The average molecular weight is 196 g/mol. The van der Waals surface area contributed by atoms with Gasteiger partial charge < -0.3 is 0 Å². The van der Waals surface area contributed by atoms with Crippen LogP contribution < -0.4 is 0 Å². The first-order valence-corrected chi connectivity index (χ1v) is 3.94. The van der Waals surface area contributed by atoms with E-state index in [0.717, 1.165) is 4.48 Å². The van der Waals surface area contributed by atoms with Gasteiger partial charge in [0.05, 0.1) is 6.04 Å². The Morgan fingerprint density at radius 1 is 1.50 bits per heavy atom. The topological polar surface area (TPSA) is 12.4 Å². The van der Waals surface area contributed by atoms with Gasteiger partial charge in [0.15, 0.2) is 0 Å². The van der Waals surface area contributed by atoms with Crippen LogP contribution >= 0.6 is 15.9 Å². The van der Waals surface area contributed by atoms with Crippen LogP contribution in [-0.4, -0.2) is 12.3 Å². The lowest BCUT2D eigenvalue weighted by molar-refractivity contribution is 1.00. The second-order valence-electron chi connectivity index (χ2n) is 2.30. The monoisotopic (exact) mass is 195 g/mol. The number of fused-ring (bicyclic) bond motifs is 1. The van der Waals surface area contributed by atoms with Gasteiger partial charge in [-0.1, -0.05) is 22.0 Å². The Morgan fingerprint density at radius 3 is 3.30 bits per heavy atom. The molecule has 0 saturated carbocycles. The Kier molecular flexibility index (Phi) is 1.34. The van der Waals surface area contributed by atoms with Crippen molar-refractivity contribution in [2.75, 3.05) is 0 Å². The smallest absolute Gasteiger partial charge is 0.0934 e. The zero-order valence-electron chi connectivity index (χ0n) is 5.29. The Hall–Kier alpha value is -0.630. The minimum atomic E-state index is 0.293. The fraction of sp³-hybridized carbons (Fsp3) is 0.125. The Balaban J connectivity index is 2.39. The molecule has 2 aliphatic rings. The van der Waals surface area contributed by atoms with Gasteiger partial charge in [0, 0.05) is 10.7 Å². The van der Waals surface area contributed by atoms with Gasteiger partial charge in [-0.15, -0.1) is 0 Å². The van der Waals surface area contributed by atoms with Crippen LogP contribution in [0.3, 0.4) is 0 Å².